The van der Waals surface area contributed by atoms with Crippen LogP contribution in [-0.4, -0.2) is 64.8 Å². The van der Waals surface area contributed by atoms with E-state index in [4.69, 9.17) is 47.1 Å². The van der Waals surface area contributed by atoms with E-state index in [0.717, 1.165) is 5.56 Å². The summed E-state index contributed by atoms with van der Waals surface area (Å²) in [5.41, 5.74) is 8.98. The van der Waals surface area contributed by atoms with E-state index in [0.29, 0.717) is 28.0 Å². The molecule has 296 valence electrons. The van der Waals surface area contributed by atoms with Gasteiger partial charge in [0.2, 0.25) is 0 Å². The molecule has 5 aromatic rings. The zero-order chi connectivity index (χ0) is 39.4. The summed E-state index contributed by atoms with van der Waals surface area (Å²) in [6.07, 6.45) is 0.950. The molecule has 0 saturated carbocycles. The summed E-state index contributed by atoms with van der Waals surface area (Å²) in [7, 11) is -7.15. The molecule has 3 aromatic carbocycles. The Bertz CT molecular complexity index is 2060. The molecular weight excluding hydrogens is 764 g/mol. The van der Waals surface area contributed by atoms with Crippen molar-refractivity contribution in [3.63, 3.8) is 0 Å². The number of aromatic nitrogens is 4. The Balaban J connectivity index is 1.39. The Morgan fingerprint density at radius 1 is 0.750 bits per heavy atom. The van der Waals surface area contributed by atoms with Gasteiger partial charge in [-0.2, -0.15) is 0 Å². The largest absolute Gasteiger partial charge is 0.497 e. The van der Waals surface area contributed by atoms with E-state index in [9.17, 15) is 9.13 Å². The monoisotopic (exact) mass is 807 g/mol. The van der Waals surface area contributed by atoms with Crippen LogP contribution in [0.25, 0.3) is 11.2 Å². The lowest BCUT2D eigenvalue weighted by molar-refractivity contribution is -0.0765. The first-order valence-electron chi connectivity index (χ1n) is 17.5. The van der Waals surface area contributed by atoms with E-state index >= 15 is 0 Å². The number of imidazole rings is 1. The summed E-state index contributed by atoms with van der Waals surface area (Å²) >= 11 is 0. The van der Waals surface area contributed by atoms with Crippen LogP contribution in [-0.2, 0) is 65.6 Å². The molecule has 1 aliphatic rings. The van der Waals surface area contributed by atoms with E-state index in [1.165, 1.54) is 24.8 Å². The van der Waals surface area contributed by atoms with Crippen LogP contribution >= 0.6 is 15.6 Å². The van der Waals surface area contributed by atoms with Crippen molar-refractivity contribution < 1.29 is 50.5 Å². The highest BCUT2D eigenvalue weighted by atomic mass is 31.2. The van der Waals surface area contributed by atoms with Crippen molar-refractivity contribution in [2.75, 3.05) is 32.7 Å². The molecule has 1 aliphatic heterocycles. The normalized spacial score (nSPS) is 18.6. The minimum atomic E-state index is -4.50. The third kappa shape index (κ3) is 10.6. The van der Waals surface area contributed by atoms with E-state index in [2.05, 4.69) is 28.1 Å². The summed E-state index contributed by atoms with van der Waals surface area (Å²) in [5.74, 6) is 0.799. The molecule has 2 N–H and O–H groups in total. The maximum Gasteiger partial charge on any atom is 0.475 e. The molecule has 6 rings (SSSR count). The molecule has 0 bridgehead atoms. The number of nitrogens with zero attached hydrogens (tertiary/aromatic N) is 4. The highest BCUT2D eigenvalue weighted by Gasteiger charge is 2.52. The van der Waals surface area contributed by atoms with Gasteiger partial charge in [-0.25, -0.2) is 24.1 Å². The SMILES string of the molecule is C=CCOP(=O)(OCC=C)OC[C@H]1O[C@@H](n2cnc3c(N)ncnc32)[C@H](OCc2ccc(OC)cc2)[C@@H]1OP(=O)(OCc1ccccc1)OCc1ccccc1. The number of rotatable bonds is 22. The van der Waals surface area contributed by atoms with Crippen LogP contribution in [0.2, 0.25) is 0 Å². The third-order valence-electron chi connectivity index (χ3n) is 8.36. The minimum absolute atomic E-state index is 0.0368. The van der Waals surface area contributed by atoms with E-state index in [1.807, 2.05) is 72.8 Å². The number of phosphoric ester groups is 2. The number of nitrogens with two attached hydrogens (primary N) is 1. The fourth-order valence-corrected chi connectivity index (χ4v) is 8.10. The molecule has 18 heteroatoms. The van der Waals surface area contributed by atoms with Crippen LogP contribution in [0.1, 0.15) is 22.9 Å². The molecule has 0 amide bonds. The molecule has 1 saturated heterocycles. The summed E-state index contributed by atoms with van der Waals surface area (Å²) in [5, 5.41) is 0. The Labute approximate surface area is 324 Å². The standard InChI is InChI=1S/C38H43N5O11P2/c1-4-20-48-55(44,49-21-5-2)52-25-32-34(54-56(45,50-23-28-12-8-6-9-13-28)51-24-29-14-10-7-11-15-29)35(47-22-30-16-18-31(46-3)19-17-30)38(53-32)43-27-42-33-36(39)40-26-41-37(33)43/h4-19,26-27,32,34-35,38H,1-2,20-25H2,3H3,(H2,39,40,41)/t32-,34-,35-,38-/m1/s1. The number of hydrogen-bond donors (Lipinski definition) is 1. The second-order valence-corrected chi connectivity index (χ2v) is 15.5. The summed E-state index contributed by atoms with van der Waals surface area (Å²) < 4.78 is 83.9. The highest BCUT2D eigenvalue weighted by Crippen LogP contribution is 2.56. The first kappa shape index (κ1) is 41.1. The maximum atomic E-state index is 14.9. The van der Waals surface area contributed by atoms with E-state index in [-0.39, 0.29) is 38.9 Å². The molecule has 56 heavy (non-hydrogen) atoms. The molecule has 3 heterocycles. The van der Waals surface area contributed by atoms with Gasteiger partial charge in [-0.1, -0.05) is 84.9 Å². The molecule has 4 atom stereocenters. The second kappa shape index (κ2) is 19.5. The molecule has 16 nitrogen and oxygen atoms in total. The van der Waals surface area contributed by atoms with Gasteiger partial charge in [0, 0.05) is 0 Å². The van der Waals surface area contributed by atoms with Gasteiger partial charge < -0.3 is 19.9 Å². The van der Waals surface area contributed by atoms with Crippen molar-refractivity contribution in [1.82, 2.24) is 19.5 Å². The third-order valence-corrected chi connectivity index (χ3v) is 11.1. The molecular formula is C38H43N5O11P2. The maximum absolute atomic E-state index is 14.9. The lowest BCUT2D eigenvalue weighted by atomic mass is 10.1. The quantitative estimate of drug-likeness (QED) is 0.0540. The topological polar surface area (TPSA) is 187 Å². The van der Waals surface area contributed by atoms with Crippen LogP contribution in [0.3, 0.4) is 0 Å². The Hall–Kier alpha value is -4.57. The summed E-state index contributed by atoms with van der Waals surface area (Å²) in [6.45, 7) is 6.27. The van der Waals surface area contributed by atoms with Crippen molar-refractivity contribution in [1.29, 1.82) is 0 Å². The summed E-state index contributed by atoms with van der Waals surface area (Å²) in [4.78, 5) is 12.9. The van der Waals surface area contributed by atoms with Crippen molar-refractivity contribution in [3.8, 4) is 5.75 Å². The van der Waals surface area contributed by atoms with Gasteiger partial charge in [-0.3, -0.25) is 31.7 Å². The second-order valence-electron chi connectivity index (χ2n) is 12.2. The number of anilines is 1. The lowest BCUT2D eigenvalue weighted by Crippen LogP contribution is -2.38. The van der Waals surface area contributed by atoms with Gasteiger partial charge in [0.05, 0.1) is 53.1 Å². The minimum Gasteiger partial charge on any atom is -0.497 e. The van der Waals surface area contributed by atoms with Crippen LogP contribution < -0.4 is 10.5 Å². The molecule has 0 aliphatic carbocycles. The van der Waals surface area contributed by atoms with Crippen molar-refractivity contribution in [2.24, 2.45) is 0 Å². The van der Waals surface area contributed by atoms with Gasteiger partial charge in [0.25, 0.3) is 0 Å². The smallest absolute Gasteiger partial charge is 0.475 e. The molecule has 1 fully saturated rings. The number of nitrogen functional groups attached to an aromatic ring is 1. The Morgan fingerprint density at radius 3 is 1.95 bits per heavy atom. The number of ether oxygens (including phenoxy) is 3. The van der Waals surface area contributed by atoms with Gasteiger partial charge in [0.1, 0.15) is 35.9 Å². The zero-order valence-electron chi connectivity index (χ0n) is 30.6. The fraction of sp³-hybridized carbons (Fsp3) is 0.289. The van der Waals surface area contributed by atoms with Gasteiger partial charge in [-0.15, -0.1) is 13.2 Å². The Kier molecular flexibility index (Phi) is 14.3. The number of benzene rings is 3. The number of fused-ring (bicyclic) bond motifs is 1. The molecule has 0 radical (unpaired) electrons. The average Bonchev–Trinajstić information content (AvgIpc) is 3.81. The average molecular weight is 808 g/mol. The number of methoxy groups -OCH3 is 1. The van der Waals surface area contributed by atoms with Crippen molar-refractivity contribution in [2.45, 2.75) is 44.4 Å². The predicted octanol–water partition coefficient (Wildman–Crippen LogP) is 7.36. The summed E-state index contributed by atoms with van der Waals surface area (Å²) in [6, 6.07) is 25.5. The van der Waals surface area contributed by atoms with Crippen LogP contribution in [0.4, 0.5) is 5.82 Å². The number of hydrogen-bond acceptors (Lipinski definition) is 15. The zero-order valence-corrected chi connectivity index (χ0v) is 32.4. The molecule has 0 unspecified atom stereocenters. The number of phosphoric acid groups is 2. The molecule has 2 aromatic heterocycles. The van der Waals surface area contributed by atoms with E-state index < -0.39 is 46.8 Å². The van der Waals surface area contributed by atoms with Crippen molar-refractivity contribution >= 4 is 32.6 Å². The highest BCUT2D eigenvalue weighted by molar-refractivity contribution is 7.48. The first-order chi connectivity index (χ1) is 27.2. The van der Waals surface area contributed by atoms with Crippen molar-refractivity contribution in [3.05, 3.63) is 140 Å². The van der Waals surface area contributed by atoms with Gasteiger partial charge >= 0.3 is 15.6 Å². The fourth-order valence-electron chi connectivity index (χ4n) is 5.61. The van der Waals surface area contributed by atoms with E-state index in [1.54, 1.807) is 23.8 Å². The Morgan fingerprint density at radius 2 is 1.36 bits per heavy atom. The van der Waals surface area contributed by atoms with Crippen LogP contribution in [0, 0.1) is 0 Å². The first-order valence-corrected chi connectivity index (χ1v) is 20.4. The lowest BCUT2D eigenvalue weighted by Gasteiger charge is -2.28. The predicted molar refractivity (Wildman–Crippen MR) is 206 cm³/mol. The molecule has 0 spiro atoms. The van der Waals surface area contributed by atoms with Crippen LogP contribution in [0.5, 0.6) is 5.75 Å². The van der Waals surface area contributed by atoms with Gasteiger partial charge in [-0.05, 0) is 28.8 Å². The van der Waals surface area contributed by atoms with Crippen LogP contribution in [0.15, 0.2) is 123 Å². The van der Waals surface area contributed by atoms with Gasteiger partial charge in [0.15, 0.2) is 17.7 Å².